The van der Waals surface area contributed by atoms with Gasteiger partial charge in [-0.2, -0.15) is 13.2 Å². The minimum absolute atomic E-state index is 0.136. The van der Waals surface area contributed by atoms with Gasteiger partial charge in [-0.25, -0.2) is 14.4 Å². The number of anilines is 1. The third-order valence-electron chi connectivity index (χ3n) is 4.29. The quantitative estimate of drug-likeness (QED) is 0.740. The van der Waals surface area contributed by atoms with Crippen molar-refractivity contribution in [2.24, 2.45) is 0 Å². The summed E-state index contributed by atoms with van der Waals surface area (Å²) in [6, 6.07) is 5.09. The molecule has 3 rings (SSSR count). The summed E-state index contributed by atoms with van der Waals surface area (Å²) in [5, 5.41) is 0.183. The van der Waals surface area contributed by atoms with E-state index in [2.05, 4.69) is 9.97 Å². The number of piperazine rings is 1. The van der Waals surface area contributed by atoms with Gasteiger partial charge in [-0.05, 0) is 12.1 Å². The zero-order valence-electron chi connectivity index (χ0n) is 14.0. The normalized spacial score (nSPS) is 15.1. The fourth-order valence-electron chi connectivity index (χ4n) is 2.82. The Balaban J connectivity index is 1.63. The maximum atomic E-state index is 13.8. The Kier molecular flexibility index (Phi) is 5.50. The highest BCUT2D eigenvalue weighted by Crippen LogP contribution is 2.29. The van der Waals surface area contributed by atoms with E-state index in [-0.39, 0.29) is 41.8 Å². The first-order chi connectivity index (χ1) is 12.8. The van der Waals surface area contributed by atoms with Crippen LogP contribution >= 0.6 is 11.6 Å². The molecule has 5 nitrogen and oxygen atoms in total. The summed E-state index contributed by atoms with van der Waals surface area (Å²) in [6.45, 7) is 1.20. The number of alkyl halides is 3. The Morgan fingerprint density at radius 1 is 1.15 bits per heavy atom. The van der Waals surface area contributed by atoms with Crippen LogP contribution in [0.1, 0.15) is 11.3 Å². The van der Waals surface area contributed by atoms with E-state index in [1.54, 1.807) is 4.90 Å². The molecule has 1 saturated heterocycles. The number of halogens is 5. The first-order valence-corrected chi connectivity index (χ1v) is 8.48. The zero-order valence-corrected chi connectivity index (χ0v) is 14.8. The Labute approximate surface area is 157 Å². The van der Waals surface area contributed by atoms with E-state index in [1.807, 2.05) is 0 Å². The van der Waals surface area contributed by atoms with Crippen LogP contribution in [0.2, 0.25) is 5.02 Å². The van der Waals surface area contributed by atoms with Crippen molar-refractivity contribution < 1.29 is 22.4 Å². The summed E-state index contributed by atoms with van der Waals surface area (Å²) in [6.07, 6.45) is -3.85. The second-order valence-corrected chi connectivity index (χ2v) is 6.41. The molecular weight excluding hydrogens is 388 g/mol. The van der Waals surface area contributed by atoms with Crippen LogP contribution in [-0.2, 0) is 17.4 Å². The smallest absolute Gasteiger partial charge is 0.353 e. The average Bonchev–Trinajstić information content (AvgIpc) is 2.64. The monoisotopic (exact) mass is 402 g/mol. The molecule has 10 heteroatoms. The molecule has 0 N–H and O–H groups in total. The number of carbonyl (C=O) groups excluding carboxylic acids is 1. The fraction of sp³-hybridized carbons (Fsp3) is 0.353. The Morgan fingerprint density at radius 2 is 1.85 bits per heavy atom. The minimum Gasteiger partial charge on any atom is -0.353 e. The van der Waals surface area contributed by atoms with Crippen LogP contribution in [0.4, 0.5) is 23.4 Å². The van der Waals surface area contributed by atoms with Gasteiger partial charge in [0.1, 0.15) is 23.7 Å². The summed E-state index contributed by atoms with van der Waals surface area (Å²) >= 11 is 5.94. The average molecular weight is 403 g/mol. The standard InChI is InChI=1S/C17H15ClF4N4O/c18-12-2-1-3-13(19)11(12)8-16(27)26-6-4-25(5-7-26)15-9-14(17(20,21)22)23-10-24-15/h1-3,9-10H,4-8H2. The van der Waals surface area contributed by atoms with Crippen molar-refractivity contribution in [1.82, 2.24) is 14.9 Å². The van der Waals surface area contributed by atoms with Crippen LogP contribution in [-0.4, -0.2) is 47.0 Å². The molecule has 27 heavy (non-hydrogen) atoms. The third-order valence-corrected chi connectivity index (χ3v) is 4.64. The van der Waals surface area contributed by atoms with Gasteiger partial charge in [0.25, 0.3) is 0 Å². The molecule has 0 atom stereocenters. The van der Waals surface area contributed by atoms with E-state index in [0.29, 0.717) is 13.1 Å². The first kappa shape index (κ1) is 19.3. The van der Waals surface area contributed by atoms with Gasteiger partial charge in [0.15, 0.2) is 0 Å². The van der Waals surface area contributed by atoms with Gasteiger partial charge in [0.05, 0.1) is 6.42 Å². The lowest BCUT2D eigenvalue weighted by atomic mass is 10.1. The molecule has 1 amide bonds. The molecule has 144 valence electrons. The highest BCUT2D eigenvalue weighted by Gasteiger charge is 2.33. The molecule has 1 aromatic carbocycles. The molecule has 0 bridgehead atoms. The fourth-order valence-corrected chi connectivity index (χ4v) is 3.05. The van der Waals surface area contributed by atoms with E-state index in [4.69, 9.17) is 11.6 Å². The first-order valence-electron chi connectivity index (χ1n) is 8.10. The van der Waals surface area contributed by atoms with E-state index in [0.717, 1.165) is 12.4 Å². The predicted octanol–water partition coefficient (Wildman–Crippen LogP) is 3.18. The third kappa shape index (κ3) is 4.47. The molecule has 0 radical (unpaired) electrons. The molecule has 0 unspecified atom stereocenters. The molecule has 0 spiro atoms. The van der Waals surface area contributed by atoms with Crippen molar-refractivity contribution in [2.45, 2.75) is 12.6 Å². The molecule has 0 aliphatic carbocycles. The van der Waals surface area contributed by atoms with Crippen LogP contribution in [0.5, 0.6) is 0 Å². The van der Waals surface area contributed by atoms with Crippen LogP contribution in [0, 0.1) is 5.82 Å². The van der Waals surface area contributed by atoms with E-state index < -0.39 is 17.7 Å². The molecule has 1 fully saturated rings. The number of nitrogens with zero attached hydrogens (tertiary/aromatic N) is 4. The van der Waals surface area contributed by atoms with E-state index in [1.165, 1.54) is 23.1 Å². The predicted molar refractivity (Wildman–Crippen MR) is 90.9 cm³/mol. The minimum atomic E-state index is -4.55. The maximum Gasteiger partial charge on any atom is 0.433 e. The Morgan fingerprint density at radius 3 is 2.48 bits per heavy atom. The van der Waals surface area contributed by atoms with Gasteiger partial charge in [-0.1, -0.05) is 17.7 Å². The Hall–Kier alpha value is -2.42. The maximum absolute atomic E-state index is 13.8. The van der Waals surface area contributed by atoms with Gasteiger partial charge in [0, 0.05) is 42.8 Å². The molecule has 1 aliphatic heterocycles. The second kappa shape index (κ2) is 7.67. The number of benzene rings is 1. The summed E-state index contributed by atoms with van der Waals surface area (Å²) in [5.41, 5.74) is -0.877. The SMILES string of the molecule is O=C(Cc1c(F)cccc1Cl)N1CCN(c2cc(C(F)(F)F)ncn2)CC1. The van der Waals surface area contributed by atoms with Crippen LogP contribution < -0.4 is 4.90 Å². The summed E-state index contributed by atoms with van der Waals surface area (Å²) in [7, 11) is 0. The number of hydrogen-bond acceptors (Lipinski definition) is 4. The van der Waals surface area contributed by atoms with Crippen molar-refractivity contribution in [3.05, 3.63) is 52.7 Å². The lowest BCUT2D eigenvalue weighted by Gasteiger charge is -2.35. The molecule has 1 aliphatic rings. The van der Waals surface area contributed by atoms with Crippen molar-refractivity contribution in [1.29, 1.82) is 0 Å². The Bertz CT molecular complexity index is 818. The number of carbonyl (C=O) groups is 1. The molecular formula is C17H15ClF4N4O. The van der Waals surface area contributed by atoms with E-state index >= 15 is 0 Å². The molecule has 0 saturated carbocycles. The van der Waals surface area contributed by atoms with Gasteiger partial charge in [-0.15, -0.1) is 0 Å². The molecule has 2 heterocycles. The van der Waals surface area contributed by atoms with Crippen LogP contribution in [0.3, 0.4) is 0 Å². The lowest BCUT2D eigenvalue weighted by Crippen LogP contribution is -2.49. The lowest BCUT2D eigenvalue weighted by molar-refractivity contribution is -0.141. The van der Waals surface area contributed by atoms with Gasteiger partial charge in [-0.3, -0.25) is 4.79 Å². The van der Waals surface area contributed by atoms with Crippen molar-refractivity contribution in [2.75, 3.05) is 31.1 Å². The topological polar surface area (TPSA) is 49.3 Å². The molecule has 2 aromatic rings. The summed E-state index contributed by atoms with van der Waals surface area (Å²) in [4.78, 5) is 22.7. The van der Waals surface area contributed by atoms with Crippen LogP contribution in [0.25, 0.3) is 0 Å². The summed E-state index contributed by atoms with van der Waals surface area (Å²) < 4.78 is 52.1. The molecule has 1 aromatic heterocycles. The van der Waals surface area contributed by atoms with Crippen LogP contribution in [0.15, 0.2) is 30.6 Å². The highest BCUT2D eigenvalue weighted by atomic mass is 35.5. The number of hydrogen-bond donors (Lipinski definition) is 0. The largest absolute Gasteiger partial charge is 0.433 e. The second-order valence-electron chi connectivity index (χ2n) is 6.00. The van der Waals surface area contributed by atoms with Crippen molar-refractivity contribution in [3.8, 4) is 0 Å². The van der Waals surface area contributed by atoms with Gasteiger partial charge < -0.3 is 9.80 Å². The van der Waals surface area contributed by atoms with Gasteiger partial charge >= 0.3 is 6.18 Å². The van der Waals surface area contributed by atoms with Crippen molar-refractivity contribution in [3.63, 3.8) is 0 Å². The number of rotatable bonds is 3. The number of amides is 1. The summed E-state index contributed by atoms with van der Waals surface area (Å²) in [5.74, 6) is -0.683. The highest BCUT2D eigenvalue weighted by molar-refractivity contribution is 6.31. The number of aromatic nitrogens is 2. The van der Waals surface area contributed by atoms with Crippen molar-refractivity contribution >= 4 is 23.3 Å². The van der Waals surface area contributed by atoms with Gasteiger partial charge in [0.2, 0.25) is 5.91 Å². The van der Waals surface area contributed by atoms with E-state index in [9.17, 15) is 22.4 Å². The zero-order chi connectivity index (χ0) is 19.6.